The van der Waals surface area contributed by atoms with Crippen LogP contribution in [0.15, 0.2) is 53.4 Å². The molecule has 0 aliphatic rings. The lowest BCUT2D eigenvalue weighted by Crippen LogP contribution is -2.25. The molecule has 0 heterocycles. The number of halogens is 7. The highest BCUT2D eigenvalue weighted by Gasteiger charge is 2.42. The molecular weight excluding hydrogens is 513 g/mol. The van der Waals surface area contributed by atoms with E-state index in [1.54, 1.807) is 60.8 Å². The van der Waals surface area contributed by atoms with E-state index in [1.165, 1.54) is 6.92 Å². The highest BCUT2D eigenvalue weighted by molar-refractivity contribution is 8.00. The van der Waals surface area contributed by atoms with Crippen LogP contribution in [0.1, 0.15) is 28.4 Å². The molecule has 2 N–H and O–H groups in total. The van der Waals surface area contributed by atoms with E-state index in [0.29, 0.717) is 16.1 Å². The van der Waals surface area contributed by atoms with Gasteiger partial charge in [-0.15, -0.1) is 11.8 Å². The highest BCUT2D eigenvalue weighted by Crippen LogP contribution is 2.38. The van der Waals surface area contributed by atoms with Crippen LogP contribution in [0.2, 0.25) is 0 Å². The number of amides is 2. The number of nitrogens with one attached hydrogen (secondary N) is 2. The molecule has 4 nitrogen and oxygen atoms in total. The van der Waals surface area contributed by atoms with Crippen LogP contribution in [-0.4, -0.2) is 17.1 Å². The second-order valence-electron chi connectivity index (χ2n) is 7.55. The molecule has 0 saturated heterocycles. The Balaban J connectivity index is 1.69. The summed E-state index contributed by atoms with van der Waals surface area (Å²) in [7, 11) is 0. The molecule has 3 rings (SSSR count). The zero-order valence-corrected chi connectivity index (χ0v) is 19.4. The van der Waals surface area contributed by atoms with Crippen LogP contribution in [0.3, 0.4) is 0 Å². The zero-order chi connectivity index (χ0) is 26.8. The van der Waals surface area contributed by atoms with Crippen LogP contribution in [-0.2, 0) is 11.0 Å². The predicted molar refractivity (Wildman–Crippen MR) is 121 cm³/mol. The normalized spacial score (nSPS) is 12.2. The molecule has 3 aromatic rings. The summed E-state index contributed by atoms with van der Waals surface area (Å²) in [6.07, 6.45) is -5.69. The van der Waals surface area contributed by atoms with E-state index < -0.39 is 51.9 Å². The van der Waals surface area contributed by atoms with Gasteiger partial charge in [0.25, 0.3) is 5.91 Å². The van der Waals surface area contributed by atoms with E-state index in [0.717, 1.165) is 17.3 Å². The molecule has 1 atom stereocenters. The molecule has 36 heavy (non-hydrogen) atoms. The van der Waals surface area contributed by atoms with Gasteiger partial charge in [0.15, 0.2) is 23.3 Å². The summed E-state index contributed by atoms with van der Waals surface area (Å²) in [5.41, 5.74) is -2.68. The first-order valence-electron chi connectivity index (χ1n) is 10.2. The van der Waals surface area contributed by atoms with Crippen LogP contribution in [0.25, 0.3) is 0 Å². The Labute approximate surface area is 204 Å². The first-order chi connectivity index (χ1) is 16.8. The minimum Gasteiger partial charge on any atom is -0.322 e. The third-order valence-corrected chi connectivity index (χ3v) is 6.09. The molecule has 0 spiro atoms. The van der Waals surface area contributed by atoms with Crippen molar-refractivity contribution >= 4 is 35.0 Å². The molecule has 0 saturated carbocycles. The summed E-state index contributed by atoms with van der Waals surface area (Å²) in [6, 6.07) is 13.1. The SMILES string of the molecule is Cc1ccccc1C(=O)Nc1ccc(SC(C)C(=O)Nc2c(F)c(F)c(C(F)(F)F)c(F)c2F)cc1. The number of carbonyl (C=O) groups excluding carboxylic acids is 2. The summed E-state index contributed by atoms with van der Waals surface area (Å²) < 4.78 is 93.7. The van der Waals surface area contributed by atoms with E-state index in [1.807, 2.05) is 0 Å². The van der Waals surface area contributed by atoms with Gasteiger partial charge < -0.3 is 10.6 Å². The van der Waals surface area contributed by atoms with Crippen LogP contribution >= 0.6 is 11.8 Å². The second-order valence-corrected chi connectivity index (χ2v) is 8.96. The number of benzene rings is 3. The summed E-state index contributed by atoms with van der Waals surface area (Å²) >= 11 is 0.888. The van der Waals surface area contributed by atoms with Crippen molar-refractivity contribution in [1.82, 2.24) is 0 Å². The summed E-state index contributed by atoms with van der Waals surface area (Å²) in [6.45, 7) is 3.09. The maximum atomic E-state index is 14.0. The number of aryl methyl sites for hydroxylation is 1. The van der Waals surface area contributed by atoms with E-state index in [9.17, 15) is 40.3 Å². The van der Waals surface area contributed by atoms with Gasteiger partial charge in [-0.3, -0.25) is 9.59 Å². The van der Waals surface area contributed by atoms with Crippen LogP contribution in [0, 0.1) is 30.2 Å². The molecule has 0 aliphatic heterocycles. The molecule has 3 aromatic carbocycles. The smallest absolute Gasteiger partial charge is 0.322 e. The quantitative estimate of drug-likeness (QED) is 0.206. The number of carbonyl (C=O) groups is 2. The van der Waals surface area contributed by atoms with Crippen molar-refractivity contribution in [2.75, 3.05) is 10.6 Å². The van der Waals surface area contributed by atoms with Crippen molar-refractivity contribution in [3.05, 3.63) is 88.5 Å². The monoisotopic (exact) mass is 530 g/mol. The Morgan fingerprint density at radius 1 is 0.833 bits per heavy atom. The maximum Gasteiger partial charge on any atom is 0.422 e. The van der Waals surface area contributed by atoms with Crippen LogP contribution in [0.5, 0.6) is 0 Å². The average molecular weight is 530 g/mol. The summed E-state index contributed by atoms with van der Waals surface area (Å²) in [5.74, 6) is -11.5. The molecule has 0 fully saturated rings. The van der Waals surface area contributed by atoms with Crippen molar-refractivity contribution in [3.63, 3.8) is 0 Å². The van der Waals surface area contributed by atoms with Crippen molar-refractivity contribution in [2.24, 2.45) is 0 Å². The Kier molecular flexibility index (Phi) is 7.97. The molecule has 0 bridgehead atoms. The fourth-order valence-corrected chi connectivity index (χ4v) is 3.98. The number of thioether (sulfide) groups is 1. The second kappa shape index (κ2) is 10.6. The van der Waals surface area contributed by atoms with Crippen molar-refractivity contribution in [1.29, 1.82) is 0 Å². The zero-order valence-electron chi connectivity index (χ0n) is 18.6. The third-order valence-electron chi connectivity index (χ3n) is 4.98. The van der Waals surface area contributed by atoms with Crippen molar-refractivity contribution < 1.29 is 40.3 Å². The van der Waals surface area contributed by atoms with Gasteiger partial charge in [-0.1, -0.05) is 18.2 Å². The molecule has 190 valence electrons. The van der Waals surface area contributed by atoms with Gasteiger partial charge in [-0.05, 0) is 49.7 Å². The molecule has 2 amide bonds. The molecule has 12 heteroatoms. The van der Waals surface area contributed by atoms with Gasteiger partial charge in [0.2, 0.25) is 5.91 Å². The van der Waals surface area contributed by atoms with Gasteiger partial charge in [-0.2, -0.15) is 13.2 Å². The predicted octanol–water partition coefficient (Wildman–Crippen LogP) is 6.94. The maximum absolute atomic E-state index is 14.0. The Morgan fingerprint density at radius 3 is 1.92 bits per heavy atom. The Bertz CT molecular complexity index is 1280. The van der Waals surface area contributed by atoms with E-state index in [-0.39, 0.29) is 5.91 Å². The number of alkyl halides is 3. The van der Waals surface area contributed by atoms with Crippen molar-refractivity contribution in [3.8, 4) is 0 Å². The standard InChI is InChI=1S/C24H17F7N2O2S/c1-11-5-3-4-6-15(11)23(35)32-13-7-9-14(10-8-13)36-12(2)22(34)33-21-19(27)17(25)16(24(29,30)31)18(26)20(21)28/h3-10,12H,1-2H3,(H,32,35)(H,33,34). The van der Waals surface area contributed by atoms with Crippen LogP contribution < -0.4 is 10.6 Å². The molecule has 0 radical (unpaired) electrons. The molecule has 0 aromatic heterocycles. The lowest BCUT2D eigenvalue weighted by molar-refractivity contribution is -0.143. The summed E-state index contributed by atoms with van der Waals surface area (Å²) in [5, 5.41) is 3.24. The largest absolute Gasteiger partial charge is 0.422 e. The minimum atomic E-state index is -5.69. The number of hydrogen-bond donors (Lipinski definition) is 2. The topological polar surface area (TPSA) is 58.2 Å². The fraction of sp³-hybridized carbons (Fsp3) is 0.167. The average Bonchev–Trinajstić information content (AvgIpc) is 2.81. The molecule has 1 unspecified atom stereocenters. The fourth-order valence-electron chi connectivity index (χ4n) is 3.12. The Hall–Kier alpha value is -3.54. The van der Waals surface area contributed by atoms with Gasteiger partial charge >= 0.3 is 6.18 Å². The minimum absolute atomic E-state index is 0.332. The van der Waals surface area contributed by atoms with Crippen molar-refractivity contribution in [2.45, 2.75) is 30.2 Å². The number of hydrogen-bond acceptors (Lipinski definition) is 3. The lowest BCUT2D eigenvalue weighted by atomic mass is 10.1. The molecular formula is C24H17F7N2O2S. The van der Waals surface area contributed by atoms with E-state index in [4.69, 9.17) is 0 Å². The van der Waals surface area contributed by atoms with E-state index in [2.05, 4.69) is 5.32 Å². The van der Waals surface area contributed by atoms with Gasteiger partial charge in [-0.25, -0.2) is 17.6 Å². The highest BCUT2D eigenvalue weighted by atomic mass is 32.2. The lowest BCUT2D eigenvalue weighted by Gasteiger charge is -2.16. The molecule has 0 aliphatic carbocycles. The number of anilines is 2. The first-order valence-corrected chi connectivity index (χ1v) is 11.1. The van der Waals surface area contributed by atoms with E-state index >= 15 is 0 Å². The first kappa shape index (κ1) is 27.1. The van der Waals surface area contributed by atoms with Crippen LogP contribution in [0.4, 0.5) is 42.1 Å². The van der Waals surface area contributed by atoms with Gasteiger partial charge in [0.1, 0.15) is 11.3 Å². The van der Waals surface area contributed by atoms with Gasteiger partial charge in [0.05, 0.1) is 5.25 Å². The summed E-state index contributed by atoms with van der Waals surface area (Å²) in [4.78, 5) is 25.2. The third kappa shape index (κ3) is 5.81. The van der Waals surface area contributed by atoms with Gasteiger partial charge in [0, 0.05) is 16.1 Å². The Morgan fingerprint density at radius 2 is 1.39 bits per heavy atom. The number of rotatable bonds is 6.